The van der Waals surface area contributed by atoms with Crippen molar-refractivity contribution >= 4 is 17.5 Å². The van der Waals surface area contributed by atoms with E-state index in [1.165, 1.54) is 38.5 Å². The first-order valence-electron chi connectivity index (χ1n) is 5.48. The average Bonchev–Trinajstić information content (AvgIpc) is 2.78. The van der Waals surface area contributed by atoms with E-state index in [-0.39, 0.29) is 0 Å². The fraction of sp³-hybridized carbons (Fsp3) is 0.909. The zero-order valence-corrected chi connectivity index (χ0v) is 8.94. The van der Waals surface area contributed by atoms with Gasteiger partial charge in [0.15, 0.2) is 0 Å². The van der Waals surface area contributed by atoms with Gasteiger partial charge in [-0.25, -0.2) is 0 Å². The number of thioether (sulfide) groups is 1. The van der Waals surface area contributed by atoms with Gasteiger partial charge in [-0.2, -0.15) is 11.8 Å². The van der Waals surface area contributed by atoms with E-state index in [2.05, 4.69) is 0 Å². The Morgan fingerprint density at radius 2 is 1.85 bits per heavy atom. The molecule has 2 saturated carbocycles. The largest absolute Gasteiger partial charge is 0.299 e. The normalized spacial score (nSPS) is 23.7. The lowest BCUT2D eigenvalue weighted by Crippen LogP contribution is -2.06. The van der Waals surface area contributed by atoms with Crippen molar-refractivity contribution in [1.29, 1.82) is 0 Å². The van der Waals surface area contributed by atoms with Crippen molar-refractivity contribution in [2.45, 2.75) is 50.2 Å². The van der Waals surface area contributed by atoms with Crippen LogP contribution < -0.4 is 0 Å². The monoisotopic (exact) mass is 198 g/mol. The maximum atomic E-state index is 11.4. The van der Waals surface area contributed by atoms with Crippen LogP contribution >= 0.6 is 11.8 Å². The third-order valence-electron chi connectivity index (χ3n) is 3.00. The van der Waals surface area contributed by atoms with Crippen LogP contribution in [0, 0.1) is 5.92 Å². The van der Waals surface area contributed by atoms with Gasteiger partial charge in [0, 0.05) is 11.7 Å². The molecule has 2 fully saturated rings. The number of carbonyl (C=O) groups excluding carboxylic acids is 1. The van der Waals surface area contributed by atoms with Crippen molar-refractivity contribution < 1.29 is 4.79 Å². The molecule has 2 rings (SSSR count). The van der Waals surface area contributed by atoms with Crippen LogP contribution in [0.2, 0.25) is 0 Å². The van der Waals surface area contributed by atoms with Crippen molar-refractivity contribution in [3.8, 4) is 0 Å². The smallest absolute Gasteiger partial charge is 0.143 e. The summed E-state index contributed by atoms with van der Waals surface area (Å²) in [4.78, 5) is 11.4. The highest BCUT2D eigenvalue weighted by Crippen LogP contribution is 2.34. The Hall–Kier alpha value is 0.0200. The third kappa shape index (κ3) is 3.34. The summed E-state index contributed by atoms with van der Waals surface area (Å²) < 4.78 is 0. The highest BCUT2D eigenvalue weighted by Gasteiger charge is 2.25. The molecule has 2 heteroatoms. The topological polar surface area (TPSA) is 17.1 Å². The molecule has 13 heavy (non-hydrogen) atoms. The van der Waals surface area contributed by atoms with Crippen LogP contribution in [0.15, 0.2) is 0 Å². The first-order valence-corrected chi connectivity index (χ1v) is 6.53. The summed E-state index contributed by atoms with van der Waals surface area (Å²) in [6.45, 7) is 0. The lowest BCUT2D eigenvalue weighted by molar-refractivity contribution is -0.116. The van der Waals surface area contributed by atoms with Crippen LogP contribution in [-0.2, 0) is 4.79 Å². The number of ketones is 1. The fourth-order valence-corrected chi connectivity index (χ4v) is 3.17. The van der Waals surface area contributed by atoms with Crippen molar-refractivity contribution in [2.75, 3.05) is 5.75 Å². The molecule has 0 aromatic rings. The molecule has 0 N–H and O–H groups in total. The van der Waals surface area contributed by atoms with E-state index in [1.807, 2.05) is 11.8 Å². The Morgan fingerprint density at radius 3 is 2.46 bits per heavy atom. The van der Waals surface area contributed by atoms with Crippen LogP contribution in [0.4, 0.5) is 0 Å². The summed E-state index contributed by atoms with van der Waals surface area (Å²) in [7, 11) is 0. The molecule has 0 aliphatic heterocycles. The molecule has 74 valence electrons. The summed E-state index contributed by atoms with van der Waals surface area (Å²) in [5, 5.41) is 0.808. The van der Waals surface area contributed by atoms with Crippen LogP contribution in [-0.4, -0.2) is 16.8 Å². The molecule has 0 amide bonds. The maximum Gasteiger partial charge on any atom is 0.143 e. The number of carbonyl (C=O) groups is 1. The number of rotatable bonds is 5. The van der Waals surface area contributed by atoms with Crippen LogP contribution in [0.1, 0.15) is 44.9 Å². The van der Waals surface area contributed by atoms with E-state index in [0.29, 0.717) is 5.78 Å². The highest BCUT2D eigenvalue weighted by molar-refractivity contribution is 8.00. The Balaban J connectivity index is 1.57. The second-order valence-electron chi connectivity index (χ2n) is 4.40. The Morgan fingerprint density at radius 1 is 1.15 bits per heavy atom. The van der Waals surface area contributed by atoms with Gasteiger partial charge < -0.3 is 0 Å². The molecule has 2 aliphatic carbocycles. The van der Waals surface area contributed by atoms with E-state index in [4.69, 9.17) is 0 Å². The molecule has 0 atom stereocenters. The molecule has 0 aromatic heterocycles. The van der Waals surface area contributed by atoms with E-state index < -0.39 is 0 Å². The van der Waals surface area contributed by atoms with E-state index in [1.54, 1.807) is 0 Å². The molecular formula is C11H18OS. The standard InChI is InChI=1S/C11H18OS/c12-10(7-9-5-6-9)8-13-11-3-1-2-4-11/h9,11H,1-8H2. The van der Waals surface area contributed by atoms with Crippen molar-refractivity contribution in [1.82, 2.24) is 0 Å². The summed E-state index contributed by atoms with van der Waals surface area (Å²) in [6, 6.07) is 0. The lowest BCUT2D eigenvalue weighted by Gasteiger charge is -2.06. The number of Topliss-reactive ketones (excluding diaryl/α,β-unsaturated/α-hetero) is 1. The summed E-state index contributed by atoms with van der Waals surface area (Å²) in [6.07, 6.45) is 8.95. The van der Waals surface area contributed by atoms with Gasteiger partial charge in [0.05, 0.1) is 5.75 Å². The van der Waals surface area contributed by atoms with Gasteiger partial charge >= 0.3 is 0 Å². The highest BCUT2D eigenvalue weighted by atomic mass is 32.2. The molecule has 0 unspecified atom stereocenters. The second-order valence-corrected chi connectivity index (χ2v) is 5.69. The zero-order valence-electron chi connectivity index (χ0n) is 8.13. The van der Waals surface area contributed by atoms with Gasteiger partial charge in [0.1, 0.15) is 5.78 Å². The van der Waals surface area contributed by atoms with Gasteiger partial charge in [-0.05, 0) is 31.6 Å². The predicted octanol–water partition coefficient (Wildman–Crippen LogP) is 3.03. The van der Waals surface area contributed by atoms with Crippen LogP contribution in [0.25, 0.3) is 0 Å². The van der Waals surface area contributed by atoms with Crippen LogP contribution in [0.3, 0.4) is 0 Å². The molecule has 1 nitrogen and oxygen atoms in total. The number of hydrogen-bond donors (Lipinski definition) is 0. The first-order chi connectivity index (χ1) is 6.34. The molecule has 2 aliphatic rings. The van der Waals surface area contributed by atoms with Crippen molar-refractivity contribution in [3.05, 3.63) is 0 Å². The third-order valence-corrected chi connectivity index (χ3v) is 4.43. The fourth-order valence-electron chi connectivity index (χ4n) is 1.97. The second kappa shape index (κ2) is 4.50. The van der Waals surface area contributed by atoms with Gasteiger partial charge in [0.25, 0.3) is 0 Å². The van der Waals surface area contributed by atoms with Crippen LogP contribution in [0.5, 0.6) is 0 Å². The average molecular weight is 198 g/mol. The predicted molar refractivity (Wildman–Crippen MR) is 57.1 cm³/mol. The molecule has 0 radical (unpaired) electrons. The van der Waals surface area contributed by atoms with Crippen molar-refractivity contribution in [2.24, 2.45) is 5.92 Å². The van der Waals surface area contributed by atoms with Gasteiger partial charge in [-0.3, -0.25) is 4.79 Å². The first kappa shape index (κ1) is 9.57. The zero-order chi connectivity index (χ0) is 9.10. The van der Waals surface area contributed by atoms with E-state index in [0.717, 1.165) is 23.3 Å². The molecule has 0 aromatic carbocycles. The minimum atomic E-state index is 0.499. The SMILES string of the molecule is O=C(CSC1CCCC1)CC1CC1. The minimum Gasteiger partial charge on any atom is -0.299 e. The molecule has 0 bridgehead atoms. The maximum absolute atomic E-state index is 11.4. The van der Waals surface area contributed by atoms with Gasteiger partial charge in [-0.15, -0.1) is 0 Å². The summed E-state index contributed by atoms with van der Waals surface area (Å²) in [5.41, 5.74) is 0. The minimum absolute atomic E-state index is 0.499. The van der Waals surface area contributed by atoms with E-state index >= 15 is 0 Å². The van der Waals surface area contributed by atoms with E-state index in [9.17, 15) is 4.79 Å². The van der Waals surface area contributed by atoms with Crippen molar-refractivity contribution in [3.63, 3.8) is 0 Å². The summed E-state index contributed by atoms with van der Waals surface area (Å²) >= 11 is 1.91. The van der Waals surface area contributed by atoms with Gasteiger partial charge in [-0.1, -0.05) is 12.8 Å². The molecule has 0 spiro atoms. The lowest BCUT2D eigenvalue weighted by atomic mass is 10.2. The molecule has 0 saturated heterocycles. The Kier molecular flexibility index (Phi) is 3.31. The Bertz CT molecular complexity index is 181. The summed E-state index contributed by atoms with van der Waals surface area (Å²) in [5.74, 6) is 2.07. The van der Waals surface area contributed by atoms with Gasteiger partial charge in [0.2, 0.25) is 0 Å². The quantitative estimate of drug-likeness (QED) is 0.675. The molecule has 0 heterocycles. The Labute approximate surface area is 84.7 Å². The number of hydrogen-bond acceptors (Lipinski definition) is 2. The molecular weight excluding hydrogens is 180 g/mol.